The molecular formula is C18H32N4O2. The predicted molar refractivity (Wildman–Crippen MR) is 93.6 cm³/mol. The summed E-state index contributed by atoms with van der Waals surface area (Å²) < 4.78 is 0. The third-order valence-electron chi connectivity index (χ3n) is 6.21. The molecule has 0 spiro atoms. The fourth-order valence-electron chi connectivity index (χ4n) is 4.37. The molecule has 2 saturated heterocycles. The fourth-order valence-corrected chi connectivity index (χ4v) is 4.37. The molecule has 0 radical (unpaired) electrons. The number of hydrogen-bond donors (Lipinski definition) is 4. The van der Waals surface area contributed by atoms with E-state index in [4.69, 9.17) is 0 Å². The Morgan fingerprint density at radius 3 is 2.46 bits per heavy atom. The van der Waals surface area contributed by atoms with E-state index < -0.39 is 0 Å². The van der Waals surface area contributed by atoms with Gasteiger partial charge in [0, 0.05) is 12.0 Å². The van der Waals surface area contributed by atoms with Crippen molar-refractivity contribution in [3.05, 3.63) is 0 Å². The second kappa shape index (κ2) is 7.30. The van der Waals surface area contributed by atoms with Crippen LogP contribution in [0.15, 0.2) is 0 Å². The number of carbonyl (C=O) groups is 2. The van der Waals surface area contributed by atoms with E-state index in [0.29, 0.717) is 18.3 Å². The first kappa shape index (κ1) is 17.5. The van der Waals surface area contributed by atoms with Crippen molar-refractivity contribution in [2.45, 2.75) is 76.4 Å². The molecule has 0 unspecified atom stereocenters. The molecule has 1 aliphatic carbocycles. The number of rotatable bonds is 4. The highest BCUT2D eigenvalue weighted by Crippen LogP contribution is 2.35. The van der Waals surface area contributed by atoms with E-state index in [0.717, 1.165) is 32.4 Å². The maximum Gasteiger partial charge on any atom is 0.315 e. The van der Waals surface area contributed by atoms with Gasteiger partial charge in [0.1, 0.15) is 0 Å². The van der Waals surface area contributed by atoms with Gasteiger partial charge in [-0.3, -0.25) is 4.79 Å². The second-order valence-electron chi connectivity index (χ2n) is 8.27. The first-order valence-corrected chi connectivity index (χ1v) is 9.54. The van der Waals surface area contributed by atoms with Gasteiger partial charge in [-0.2, -0.15) is 0 Å². The molecule has 6 nitrogen and oxygen atoms in total. The summed E-state index contributed by atoms with van der Waals surface area (Å²) in [6.07, 6.45) is 7.01. The Labute approximate surface area is 144 Å². The molecule has 2 atom stereocenters. The van der Waals surface area contributed by atoms with Gasteiger partial charge < -0.3 is 21.3 Å². The molecule has 3 amide bonds. The van der Waals surface area contributed by atoms with Crippen LogP contribution in [-0.4, -0.2) is 42.7 Å². The molecule has 3 fully saturated rings. The van der Waals surface area contributed by atoms with Crippen LogP contribution in [0.3, 0.4) is 0 Å². The van der Waals surface area contributed by atoms with Crippen LogP contribution in [0.25, 0.3) is 0 Å². The summed E-state index contributed by atoms with van der Waals surface area (Å²) in [6.45, 7) is 6.21. The topological polar surface area (TPSA) is 82.3 Å². The summed E-state index contributed by atoms with van der Waals surface area (Å²) in [5, 5.41) is 12.8. The first-order valence-electron chi connectivity index (χ1n) is 9.54. The van der Waals surface area contributed by atoms with Crippen LogP contribution in [0.2, 0.25) is 0 Å². The molecule has 136 valence electrons. The van der Waals surface area contributed by atoms with Crippen LogP contribution in [0.4, 0.5) is 4.79 Å². The van der Waals surface area contributed by atoms with E-state index in [1.807, 2.05) is 0 Å². The van der Waals surface area contributed by atoms with Crippen molar-refractivity contribution in [3.8, 4) is 0 Å². The van der Waals surface area contributed by atoms with Crippen molar-refractivity contribution in [1.82, 2.24) is 21.3 Å². The number of piperidine rings is 2. The van der Waals surface area contributed by atoms with Crippen molar-refractivity contribution >= 4 is 11.9 Å². The molecule has 2 aliphatic heterocycles. The summed E-state index contributed by atoms with van der Waals surface area (Å²) >= 11 is 0. The van der Waals surface area contributed by atoms with E-state index in [1.54, 1.807) is 0 Å². The molecule has 2 heterocycles. The SMILES string of the molecule is CC(C)(NC(=O)N[C@@H]1CCC(=O)N[C@H]1C1CCNCC1)C1CCC1. The Morgan fingerprint density at radius 1 is 1.12 bits per heavy atom. The first-order chi connectivity index (χ1) is 11.5. The minimum absolute atomic E-state index is 0.0305. The molecule has 0 aromatic carbocycles. The van der Waals surface area contributed by atoms with E-state index >= 15 is 0 Å². The third-order valence-corrected chi connectivity index (χ3v) is 6.21. The van der Waals surface area contributed by atoms with Crippen molar-refractivity contribution < 1.29 is 9.59 Å². The van der Waals surface area contributed by atoms with Gasteiger partial charge in [0.2, 0.25) is 5.91 Å². The fraction of sp³-hybridized carbons (Fsp3) is 0.889. The molecule has 24 heavy (non-hydrogen) atoms. The molecular weight excluding hydrogens is 304 g/mol. The Hall–Kier alpha value is -1.30. The maximum atomic E-state index is 12.5. The van der Waals surface area contributed by atoms with Gasteiger partial charge in [0.15, 0.2) is 0 Å². The summed E-state index contributed by atoms with van der Waals surface area (Å²) in [6, 6.07) is 0.000823. The highest BCUT2D eigenvalue weighted by Gasteiger charge is 2.38. The summed E-state index contributed by atoms with van der Waals surface area (Å²) in [7, 11) is 0. The van der Waals surface area contributed by atoms with Gasteiger partial charge in [-0.15, -0.1) is 0 Å². The Morgan fingerprint density at radius 2 is 1.83 bits per heavy atom. The van der Waals surface area contributed by atoms with Gasteiger partial charge in [0.05, 0.1) is 12.1 Å². The lowest BCUT2D eigenvalue weighted by Gasteiger charge is -2.43. The average Bonchev–Trinajstić information content (AvgIpc) is 2.47. The van der Waals surface area contributed by atoms with Gasteiger partial charge in [-0.25, -0.2) is 4.79 Å². The number of amides is 3. The molecule has 4 N–H and O–H groups in total. The summed E-state index contributed by atoms with van der Waals surface area (Å²) in [4.78, 5) is 24.4. The lowest BCUT2D eigenvalue weighted by atomic mass is 9.72. The zero-order chi connectivity index (χ0) is 17.2. The lowest BCUT2D eigenvalue weighted by molar-refractivity contribution is -0.124. The van der Waals surface area contributed by atoms with Gasteiger partial charge >= 0.3 is 6.03 Å². The third kappa shape index (κ3) is 4.02. The molecule has 0 bridgehead atoms. The summed E-state index contributed by atoms with van der Waals surface area (Å²) in [5.41, 5.74) is -0.162. The molecule has 6 heteroatoms. The average molecular weight is 336 g/mol. The molecule has 1 saturated carbocycles. The minimum Gasteiger partial charge on any atom is -0.351 e. The number of nitrogens with one attached hydrogen (secondary N) is 4. The minimum atomic E-state index is -0.162. The zero-order valence-corrected chi connectivity index (χ0v) is 15.0. The summed E-state index contributed by atoms with van der Waals surface area (Å²) in [5.74, 6) is 1.14. The van der Waals surface area contributed by atoms with E-state index in [2.05, 4.69) is 35.1 Å². The quantitative estimate of drug-likeness (QED) is 0.628. The van der Waals surface area contributed by atoms with Crippen LogP contribution in [0, 0.1) is 11.8 Å². The van der Waals surface area contributed by atoms with Crippen molar-refractivity contribution in [2.75, 3.05) is 13.1 Å². The highest BCUT2D eigenvalue weighted by atomic mass is 16.2. The van der Waals surface area contributed by atoms with Crippen LogP contribution in [-0.2, 0) is 4.79 Å². The number of carbonyl (C=O) groups excluding carboxylic acids is 2. The van der Waals surface area contributed by atoms with E-state index in [-0.39, 0.29) is 29.6 Å². The second-order valence-corrected chi connectivity index (χ2v) is 8.27. The monoisotopic (exact) mass is 336 g/mol. The van der Waals surface area contributed by atoms with E-state index in [9.17, 15) is 9.59 Å². The van der Waals surface area contributed by atoms with Crippen molar-refractivity contribution in [3.63, 3.8) is 0 Å². The molecule has 3 rings (SSSR count). The largest absolute Gasteiger partial charge is 0.351 e. The normalized spacial score (nSPS) is 29.5. The highest BCUT2D eigenvalue weighted by molar-refractivity contribution is 5.79. The van der Waals surface area contributed by atoms with Gasteiger partial charge in [0.25, 0.3) is 0 Å². The molecule has 0 aromatic heterocycles. The van der Waals surface area contributed by atoms with Gasteiger partial charge in [-0.05, 0) is 70.9 Å². The van der Waals surface area contributed by atoms with Crippen LogP contribution in [0.1, 0.15) is 58.8 Å². The van der Waals surface area contributed by atoms with Crippen LogP contribution >= 0.6 is 0 Å². The maximum absolute atomic E-state index is 12.5. The standard InChI is InChI=1S/C18H32N4O2/c1-18(2,13-4-3-5-13)22-17(24)20-14-6-7-15(23)21-16(14)12-8-10-19-11-9-12/h12-14,16,19H,3-11H2,1-2H3,(H,21,23)(H2,20,22,24)/t14-,16+/m1/s1. The van der Waals surface area contributed by atoms with Crippen molar-refractivity contribution in [2.24, 2.45) is 11.8 Å². The Kier molecular flexibility index (Phi) is 5.33. The smallest absolute Gasteiger partial charge is 0.315 e. The number of urea groups is 1. The van der Waals surface area contributed by atoms with Crippen LogP contribution in [0.5, 0.6) is 0 Å². The Bertz CT molecular complexity index is 470. The lowest BCUT2D eigenvalue weighted by Crippen LogP contribution is -2.63. The van der Waals surface area contributed by atoms with E-state index in [1.165, 1.54) is 19.3 Å². The number of hydrogen-bond acceptors (Lipinski definition) is 3. The van der Waals surface area contributed by atoms with Gasteiger partial charge in [-0.1, -0.05) is 6.42 Å². The molecule has 3 aliphatic rings. The Balaban J connectivity index is 1.58. The zero-order valence-electron chi connectivity index (χ0n) is 15.0. The molecule has 0 aromatic rings. The van der Waals surface area contributed by atoms with Crippen molar-refractivity contribution in [1.29, 1.82) is 0 Å². The van der Waals surface area contributed by atoms with Crippen LogP contribution < -0.4 is 21.3 Å². The predicted octanol–water partition coefficient (Wildman–Crippen LogP) is 1.51.